The van der Waals surface area contributed by atoms with Crippen LogP contribution < -0.4 is 17.2 Å². The van der Waals surface area contributed by atoms with E-state index in [1.54, 1.807) is 0 Å². The van der Waals surface area contributed by atoms with E-state index < -0.39 is 12.0 Å². The molecule has 0 heterocycles. The molecule has 0 amide bonds. The standard InChI is InChI=1S/C13H10O.C6H14N2O2.C5H11N/c14-10-11-6-8-13(9-7-11)12-4-2-1-3-5-12;7-4-2-1-3-5(8)6(9)10;6-5-3-1-2-4-5/h1-10H;5H,1-4,7-8H2,(H,9,10);5H,1-4,6H2/t;5-;/m.0./s1. The Morgan fingerprint density at radius 2 is 1.57 bits per heavy atom. The zero-order chi connectivity index (χ0) is 22.2. The van der Waals surface area contributed by atoms with Gasteiger partial charge in [0.25, 0.3) is 0 Å². The van der Waals surface area contributed by atoms with Crippen LogP contribution in [0.2, 0.25) is 0 Å². The third kappa shape index (κ3) is 10.9. The van der Waals surface area contributed by atoms with Gasteiger partial charge in [-0.2, -0.15) is 0 Å². The van der Waals surface area contributed by atoms with Crippen molar-refractivity contribution < 1.29 is 14.7 Å². The summed E-state index contributed by atoms with van der Waals surface area (Å²) in [7, 11) is 0. The first kappa shape index (κ1) is 25.5. The largest absolute Gasteiger partial charge is 0.480 e. The van der Waals surface area contributed by atoms with Gasteiger partial charge in [-0.3, -0.25) is 9.59 Å². The van der Waals surface area contributed by atoms with Crippen LogP contribution >= 0.6 is 0 Å². The molecule has 0 aromatic heterocycles. The number of nitrogens with two attached hydrogens (primary N) is 3. The summed E-state index contributed by atoms with van der Waals surface area (Å²) in [6.07, 6.45) is 8.27. The lowest BCUT2D eigenvalue weighted by molar-refractivity contribution is -0.138. The second kappa shape index (κ2) is 15.3. The van der Waals surface area contributed by atoms with Crippen LogP contribution in [0.4, 0.5) is 0 Å². The molecule has 0 radical (unpaired) electrons. The van der Waals surface area contributed by atoms with Crippen LogP contribution in [0.5, 0.6) is 0 Å². The summed E-state index contributed by atoms with van der Waals surface area (Å²) >= 11 is 0. The summed E-state index contributed by atoms with van der Waals surface area (Å²) in [5, 5.41) is 8.33. The lowest BCUT2D eigenvalue weighted by Crippen LogP contribution is -2.29. The lowest BCUT2D eigenvalue weighted by Gasteiger charge is -2.03. The second-order valence-electron chi connectivity index (χ2n) is 7.38. The Morgan fingerprint density at radius 3 is 2.00 bits per heavy atom. The van der Waals surface area contributed by atoms with E-state index >= 15 is 0 Å². The number of unbranched alkanes of at least 4 members (excludes halogenated alkanes) is 1. The minimum atomic E-state index is -0.933. The van der Waals surface area contributed by atoms with Crippen molar-refractivity contribution in [2.24, 2.45) is 17.2 Å². The van der Waals surface area contributed by atoms with Crippen molar-refractivity contribution in [2.75, 3.05) is 6.54 Å². The van der Waals surface area contributed by atoms with E-state index in [0.717, 1.165) is 24.7 Å². The van der Waals surface area contributed by atoms with Gasteiger partial charge in [-0.05, 0) is 43.4 Å². The molecule has 1 atom stereocenters. The fourth-order valence-electron chi connectivity index (χ4n) is 2.97. The number of benzene rings is 2. The molecule has 30 heavy (non-hydrogen) atoms. The Kier molecular flexibility index (Phi) is 13.0. The number of carbonyl (C=O) groups excluding carboxylic acids is 1. The highest BCUT2D eigenvalue weighted by atomic mass is 16.4. The smallest absolute Gasteiger partial charge is 0.320 e. The van der Waals surface area contributed by atoms with E-state index in [2.05, 4.69) is 12.1 Å². The molecule has 0 unspecified atom stereocenters. The van der Waals surface area contributed by atoms with Gasteiger partial charge in [0.15, 0.2) is 0 Å². The molecule has 0 aliphatic heterocycles. The van der Waals surface area contributed by atoms with E-state index in [1.807, 2.05) is 42.5 Å². The summed E-state index contributed by atoms with van der Waals surface area (Å²) in [5.41, 5.74) is 19.0. The zero-order valence-electron chi connectivity index (χ0n) is 17.6. The molecular weight excluding hydrogens is 378 g/mol. The molecule has 0 saturated heterocycles. The predicted octanol–water partition coefficient (Wildman–Crippen LogP) is 3.58. The molecule has 6 nitrogen and oxygen atoms in total. The molecule has 3 rings (SSSR count). The molecule has 1 aliphatic rings. The average molecular weight is 414 g/mol. The molecule has 1 fully saturated rings. The molecule has 164 valence electrons. The number of hydrogen-bond donors (Lipinski definition) is 4. The maximum atomic E-state index is 10.5. The summed E-state index contributed by atoms with van der Waals surface area (Å²) in [4.78, 5) is 20.6. The maximum Gasteiger partial charge on any atom is 0.320 e. The number of aldehydes is 1. The van der Waals surface area contributed by atoms with Crippen molar-refractivity contribution in [1.82, 2.24) is 0 Å². The molecule has 2 aromatic carbocycles. The van der Waals surface area contributed by atoms with E-state index in [0.29, 0.717) is 24.6 Å². The highest BCUT2D eigenvalue weighted by Gasteiger charge is 2.09. The van der Waals surface area contributed by atoms with Crippen LogP contribution in [0.3, 0.4) is 0 Å². The second-order valence-corrected chi connectivity index (χ2v) is 7.38. The first-order valence-electron chi connectivity index (χ1n) is 10.5. The van der Waals surface area contributed by atoms with Crippen molar-refractivity contribution >= 4 is 12.3 Å². The maximum absolute atomic E-state index is 10.5. The van der Waals surface area contributed by atoms with Crippen molar-refractivity contribution in [3.63, 3.8) is 0 Å². The lowest BCUT2D eigenvalue weighted by atomic mass is 10.0. The Labute approximate surface area is 179 Å². The molecule has 0 spiro atoms. The SMILES string of the molecule is NC1CCCC1.NCCCC[C@H](N)C(=O)O.O=Cc1ccc(-c2ccccc2)cc1. The van der Waals surface area contributed by atoms with Gasteiger partial charge >= 0.3 is 5.97 Å². The highest BCUT2D eigenvalue weighted by Crippen LogP contribution is 2.18. The number of aliphatic carboxylic acids is 1. The Balaban J connectivity index is 0.000000246. The number of carboxylic acids is 1. The van der Waals surface area contributed by atoms with Gasteiger partial charge in [-0.1, -0.05) is 73.9 Å². The molecule has 1 saturated carbocycles. The minimum Gasteiger partial charge on any atom is -0.480 e. The molecule has 7 N–H and O–H groups in total. The third-order valence-electron chi connectivity index (χ3n) is 4.84. The van der Waals surface area contributed by atoms with Gasteiger partial charge in [-0.15, -0.1) is 0 Å². The first-order chi connectivity index (χ1) is 14.5. The van der Waals surface area contributed by atoms with Crippen molar-refractivity contribution in [1.29, 1.82) is 0 Å². The van der Waals surface area contributed by atoms with E-state index in [9.17, 15) is 9.59 Å². The van der Waals surface area contributed by atoms with E-state index in [-0.39, 0.29) is 0 Å². The minimum absolute atomic E-state index is 0.520. The van der Waals surface area contributed by atoms with Crippen LogP contribution in [0, 0.1) is 0 Å². The quantitative estimate of drug-likeness (QED) is 0.405. The van der Waals surface area contributed by atoms with Gasteiger partial charge < -0.3 is 22.3 Å². The summed E-state index contributed by atoms with van der Waals surface area (Å²) in [6.45, 7) is 0.604. The number of rotatable bonds is 7. The topological polar surface area (TPSA) is 132 Å². The van der Waals surface area contributed by atoms with E-state index in [1.165, 1.54) is 31.2 Å². The van der Waals surface area contributed by atoms with Crippen molar-refractivity contribution in [2.45, 2.75) is 57.0 Å². The molecule has 0 bridgehead atoms. The number of carbonyl (C=O) groups is 2. The first-order valence-corrected chi connectivity index (χ1v) is 10.5. The van der Waals surface area contributed by atoms with Gasteiger partial charge in [0, 0.05) is 11.6 Å². The Morgan fingerprint density at radius 1 is 1.00 bits per heavy atom. The van der Waals surface area contributed by atoms with Gasteiger partial charge in [-0.25, -0.2) is 0 Å². The molecule has 1 aliphatic carbocycles. The fraction of sp³-hybridized carbons (Fsp3) is 0.417. The monoisotopic (exact) mass is 413 g/mol. The fourth-order valence-corrected chi connectivity index (χ4v) is 2.97. The van der Waals surface area contributed by atoms with Crippen LogP contribution in [0.1, 0.15) is 55.3 Å². The summed E-state index contributed by atoms with van der Waals surface area (Å²) < 4.78 is 0. The van der Waals surface area contributed by atoms with Crippen LogP contribution in [-0.2, 0) is 4.79 Å². The molecule has 6 heteroatoms. The highest BCUT2D eigenvalue weighted by molar-refractivity contribution is 5.76. The predicted molar refractivity (Wildman–Crippen MR) is 122 cm³/mol. The molecular formula is C24H35N3O3. The third-order valence-corrected chi connectivity index (χ3v) is 4.84. The van der Waals surface area contributed by atoms with E-state index in [4.69, 9.17) is 22.3 Å². The Hall–Kier alpha value is -2.54. The zero-order valence-corrected chi connectivity index (χ0v) is 17.6. The number of hydrogen-bond acceptors (Lipinski definition) is 5. The normalized spacial score (nSPS) is 14.0. The molecule has 2 aromatic rings. The van der Waals surface area contributed by atoms with Gasteiger partial charge in [0.2, 0.25) is 0 Å². The van der Waals surface area contributed by atoms with Crippen LogP contribution in [-0.4, -0.2) is 36.0 Å². The number of carboxylic acid groups (broad SMARTS) is 1. The van der Waals surface area contributed by atoms with Gasteiger partial charge in [0.1, 0.15) is 12.3 Å². The Bertz CT molecular complexity index is 714. The van der Waals surface area contributed by atoms with Crippen molar-refractivity contribution in [3.05, 3.63) is 60.2 Å². The van der Waals surface area contributed by atoms with Crippen LogP contribution in [0.15, 0.2) is 54.6 Å². The van der Waals surface area contributed by atoms with Gasteiger partial charge in [0.05, 0.1) is 0 Å². The van der Waals surface area contributed by atoms with Crippen molar-refractivity contribution in [3.8, 4) is 11.1 Å². The summed E-state index contributed by atoms with van der Waals surface area (Å²) in [6, 6.07) is 17.5. The summed E-state index contributed by atoms with van der Waals surface area (Å²) in [5.74, 6) is -0.933. The van der Waals surface area contributed by atoms with Crippen LogP contribution in [0.25, 0.3) is 11.1 Å². The average Bonchev–Trinajstić information content (AvgIpc) is 3.26.